The van der Waals surface area contributed by atoms with Gasteiger partial charge in [0, 0.05) is 19.4 Å². The quantitative estimate of drug-likeness (QED) is 0.497. The van der Waals surface area contributed by atoms with Gasteiger partial charge in [-0.1, -0.05) is 18.2 Å². The fourth-order valence-electron chi connectivity index (χ4n) is 4.56. The van der Waals surface area contributed by atoms with Crippen LogP contribution < -0.4 is 14.2 Å². The highest BCUT2D eigenvalue weighted by molar-refractivity contribution is 5.80. The molecule has 0 radical (unpaired) electrons. The molecule has 1 saturated heterocycles. The summed E-state index contributed by atoms with van der Waals surface area (Å²) in [5.74, 6) is 3.31. The van der Waals surface area contributed by atoms with Gasteiger partial charge in [0.05, 0.1) is 26.9 Å². The number of nitrogens with zero attached hydrogens (tertiary/aromatic N) is 1. The Morgan fingerprint density at radius 2 is 1.77 bits per heavy atom. The van der Waals surface area contributed by atoms with Crippen LogP contribution in [-0.4, -0.2) is 46.3 Å². The third-order valence-corrected chi connectivity index (χ3v) is 6.06. The average molecular weight is 426 g/mol. The Morgan fingerprint density at radius 1 is 1.03 bits per heavy atom. The van der Waals surface area contributed by atoms with Gasteiger partial charge in [0.25, 0.3) is 0 Å². The molecule has 0 aromatic heterocycles. The van der Waals surface area contributed by atoms with Gasteiger partial charge in [-0.15, -0.1) is 0 Å². The van der Waals surface area contributed by atoms with Crippen molar-refractivity contribution in [3.05, 3.63) is 53.6 Å². The van der Waals surface area contributed by atoms with E-state index in [1.54, 1.807) is 21.3 Å². The van der Waals surface area contributed by atoms with Crippen LogP contribution >= 0.6 is 0 Å². The second kappa shape index (κ2) is 10.7. The number of benzene rings is 2. The third kappa shape index (κ3) is 6.01. The van der Waals surface area contributed by atoms with Crippen LogP contribution in [0.2, 0.25) is 0 Å². The van der Waals surface area contributed by atoms with Gasteiger partial charge in [0.15, 0.2) is 11.5 Å². The first kappa shape index (κ1) is 23.1. The van der Waals surface area contributed by atoms with Crippen molar-refractivity contribution in [2.45, 2.75) is 44.6 Å². The Labute approximate surface area is 186 Å². The maximum atomic E-state index is 5.98. The van der Waals surface area contributed by atoms with E-state index in [4.69, 9.17) is 23.9 Å². The Bertz CT molecular complexity index is 877. The zero-order valence-corrected chi connectivity index (χ0v) is 19.4. The number of methoxy groups -OCH3 is 3. The number of aliphatic imine (C=N–C) groups is 1. The van der Waals surface area contributed by atoms with E-state index in [2.05, 4.69) is 32.0 Å². The van der Waals surface area contributed by atoms with E-state index in [9.17, 15) is 0 Å². The zero-order chi connectivity index (χ0) is 22.3. The van der Waals surface area contributed by atoms with E-state index < -0.39 is 0 Å². The molecule has 168 valence electrons. The first-order valence-corrected chi connectivity index (χ1v) is 11.0. The molecule has 1 aliphatic heterocycles. The molecular weight excluding hydrogens is 390 g/mol. The predicted molar refractivity (Wildman–Crippen MR) is 125 cm³/mol. The van der Waals surface area contributed by atoms with Crippen molar-refractivity contribution in [1.82, 2.24) is 0 Å². The van der Waals surface area contributed by atoms with Crippen LogP contribution in [0.3, 0.4) is 0 Å². The molecule has 5 heteroatoms. The summed E-state index contributed by atoms with van der Waals surface area (Å²) < 4.78 is 22.4. The lowest BCUT2D eigenvalue weighted by atomic mass is 9.75. The van der Waals surface area contributed by atoms with Crippen molar-refractivity contribution >= 4 is 6.21 Å². The van der Waals surface area contributed by atoms with Crippen molar-refractivity contribution in [2.75, 3.05) is 34.5 Å². The summed E-state index contributed by atoms with van der Waals surface area (Å²) in [6.07, 6.45) is 4.97. The van der Waals surface area contributed by atoms with Crippen molar-refractivity contribution in [1.29, 1.82) is 0 Å². The van der Waals surface area contributed by atoms with E-state index in [1.165, 1.54) is 5.56 Å². The molecule has 0 spiro atoms. The molecule has 0 amide bonds. The molecule has 3 rings (SSSR count). The lowest BCUT2D eigenvalue weighted by molar-refractivity contribution is -0.0771. The smallest absolute Gasteiger partial charge is 0.161 e. The summed E-state index contributed by atoms with van der Waals surface area (Å²) in [7, 11) is 5.03. The monoisotopic (exact) mass is 425 g/mol. The second-order valence-corrected chi connectivity index (χ2v) is 8.65. The zero-order valence-electron chi connectivity index (χ0n) is 19.4. The molecule has 1 fully saturated rings. The van der Waals surface area contributed by atoms with Gasteiger partial charge in [-0.2, -0.15) is 0 Å². The number of hydrogen-bond donors (Lipinski definition) is 0. The molecule has 5 nitrogen and oxygen atoms in total. The maximum absolute atomic E-state index is 5.98. The number of rotatable bonds is 9. The van der Waals surface area contributed by atoms with Gasteiger partial charge in [-0.3, -0.25) is 4.99 Å². The summed E-state index contributed by atoms with van der Waals surface area (Å²) in [5.41, 5.74) is 2.18. The van der Waals surface area contributed by atoms with E-state index in [0.29, 0.717) is 17.6 Å². The lowest BCUT2D eigenvalue weighted by Gasteiger charge is -2.39. The van der Waals surface area contributed by atoms with Crippen LogP contribution in [0, 0.1) is 5.92 Å². The van der Waals surface area contributed by atoms with Gasteiger partial charge >= 0.3 is 0 Å². The minimum absolute atomic E-state index is 0.0912. The van der Waals surface area contributed by atoms with Crippen molar-refractivity contribution < 1.29 is 18.9 Å². The first-order valence-electron chi connectivity index (χ1n) is 11.0. The third-order valence-electron chi connectivity index (χ3n) is 6.06. The molecule has 0 saturated carbocycles. The Morgan fingerprint density at radius 3 is 2.48 bits per heavy atom. The topological polar surface area (TPSA) is 49.3 Å². The van der Waals surface area contributed by atoms with Gasteiger partial charge in [-0.05, 0) is 80.3 Å². The molecule has 0 aliphatic carbocycles. The van der Waals surface area contributed by atoms with Crippen LogP contribution in [0.5, 0.6) is 17.2 Å². The molecule has 1 heterocycles. The second-order valence-electron chi connectivity index (χ2n) is 8.65. The molecule has 2 aromatic carbocycles. The van der Waals surface area contributed by atoms with Crippen molar-refractivity contribution in [3.63, 3.8) is 0 Å². The number of para-hydroxylation sites is 1. The van der Waals surface area contributed by atoms with Gasteiger partial charge in [0.2, 0.25) is 0 Å². The predicted octanol–water partition coefficient (Wildman–Crippen LogP) is 5.51. The first-order chi connectivity index (χ1) is 15.0. The normalized spacial score (nSPS) is 19.2. The van der Waals surface area contributed by atoms with Crippen LogP contribution in [0.1, 0.15) is 50.2 Å². The Kier molecular flexibility index (Phi) is 7.97. The highest BCUT2D eigenvalue weighted by Crippen LogP contribution is 2.42. The largest absolute Gasteiger partial charge is 0.496 e. The summed E-state index contributed by atoms with van der Waals surface area (Å²) in [4.78, 5) is 4.73. The van der Waals surface area contributed by atoms with Crippen LogP contribution in [0.4, 0.5) is 0 Å². The maximum Gasteiger partial charge on any atom is 0.161 e. The molecule has 0 bridgehead atoms. The fraction of sp³-hybridized carbons (Fsp3) is 0.500. The van der Waals surface area contributed by atoms with Crippen LogP contribution in [0.25, 0.3) is 0 Å². The van der Waals surface area contributed by atoms with E-state index in [-0.39, 0.29) is 5.60 Å². The molecule has 2 atom stereocenters. The van der Waals surface area contributed by atoms with Gasteiger partial charge in [-0.25, -0.2) is 0 Å². The standard InChI is InChI=1S/C26H35NO4/c1-26(2)17-20(13-15-31-26)21(22-8-6-7-9-23(22)28-3)12-14-27-18-19-10-11-24(29-4)25(16-19)30-5/h6-11,16,18,20-21H,12-15,17H2,1-5H3. The van der Waals surface area contributed by atoms with Crippen LogP contribution in [-0.2, 0) is 4.74 Å². The fourth-order valence-corrected chi connectivity index (χ4v) is 4.56. The molecule has 31 heavy (non-hydrogen) atoms. The number of hydrogen-bond acceptors (Lipinski definition) is 5. The highest BCUT2D eigenvalue weighted by Gasteiger charge is 2.34. The molecule has 0 N–H and O–H groups in total. The van der Waals surface area contributed by atoms with E-state index in [1.807, 2.05) is 30.5 Å². The van der Waals surface area contributed by atoms with Crippen molar-refractivity contribution in [2.24, 2.45) is 10.9 Å². The summed E-state index contributed by atoms with van der Waals surface area (Å²) >= 11 is 0. The summed E-state index contributed by atoms with van der Waals surface area (Å²) in [5, 5.41) is 0. The minimum atomic E-state index is -0.0912. The van der Waals surface area contributed by atoms with E-state index in [0.717, 1.165) is 49.5 Å². The Hall–Kier alpha value is -2.53. The summed E-state index contributed by atoms with van der Waals surface area (Å²) in [6, 6.07) is 14.2. The Balaban J connectivity index is 1.75. The molecule has 2 unspecified atom stereocenters. The lowest BCUT2D eigenvalue weighted by Crippen LogP contribution is -2.36. The van der Waals surface area contributed by atoms with Crippen LogP contribution in [0.15, 0.2) is 47.5 Å². The summed E-state index contributed by atoms with van der Waals surface area (Å²) in [6.45, 7) is 5.92. The van der Waals surface area contributed by atoms with Gasteiger partial charge < -0.3 is 18.9 Å². The molecule has 2 aromatic rings. The molecular formula is C26H35NO4. The SMILES string of the molecule is COc1ccc(C=NCCC(c2ccccc2OC)C2CCOC(C)(C)C2)cc1OC. The highest BCUT2D eigenvalue weighted by atomic mass is 16.5. The number of ether oxygens (including phenoxy) is 4. The average Bonchev–Trinajstić information content (AvgIpc) is 2.78. The molecule has 1 aliphatic rings. The van der Waals surface area contributed by atoms with E-state index >= 15 is 0 Å². The van der Waals surface area contributed by atoms with Gasteiger partial charge in [0.1, 0.15) is 5.75 Å². The van der Waals surface area contributed by atoms with Crippen molar-refractivity contribution in [3.8, 4) is 17.2 Å². The minimum Gasteiger partial charge on any atom is -0.496 e.